The second-order valence-electron chi connectivity index (χ2n) is 7.83. The first-order valence-corrected chi connectivity index (χ1v) is 11.8. The van der Waals surface area contributed by atoms with Gasteiger partial charge in [0.05, 0.1) is 7.11 Å². The minimum absolute atomic E-state index is 0.0587. The van der Waals surface area contributed by atoms with Crippen molar-refractivity contribution in [3.63, 3.8) is 0 Å². The van der Waals surface area contributed by atoms with Crippen LogP contribution in [0.15, 0.2) is 78.6 Å². The number of hydrogen-bond donors (Lipinski definition) is 1. The molecule has 0 spiro atoms. The molecule has 0 radical (unpaired) electrons. The average Bonchev–Trinajstić information content (AvgIpc) is 3.35. The van der Waals surface area contributed by atoms with E-state index >= 15 is 0 Å². The largest absolute Gasteiger partial charge is 0.489 e. The molecule has 9 heteroatoms. The highest BCUT2D eigenvalue weighted by Gasteiger charge is 2.26. The number of methoxy groups -OCH3 is 1. The highest BCUT2D eigenvalue weighted by Crippen LogP contribution is 2.27. The van der Waals surface area contributed by atoms with Gasteiger partial charge in [-0.05, 0) is 30.3 Å². The van der Waals surface area contributed by atoms with Gasteiger partial charge in [-0.25, -0.2) is 4.79 Å². The lowest BCUT2D eigenvalue weighted by atomic mass is 10.1. The molecule has 36 heavy (non-hydrogen) atoms. The number of carbonyl (C=O) groups is 2. The molecule has 1 amide bonds. The predicted molar refractivity (Wildman–Crippen MR) is 135 cm³/mol. The topological polar surface area (TPSA) is 83.1 Å². The fraction of sp³-hybridized carbons (Fsp3) is 0.185. The molecule has 0 fully saturated rings. The molecule has 0 saturated carbocycles. The lowest BCUT2D eigenvalue weighted by Gasteiger charge is -2.16. The van der Waals surface area contributed by atoms with E-state index in [4.69, 9.17) is 37.4 Å². The number of nitrogens with one attached hydrogen (secondary N) is 1. The van der Waals surface area contributed by atoms with E-state index in [1.165, 1.54) is 7.11 Å². The maximum absolute atomic E-state index is 13.0. The van der Waals surface area contributed by atoms with Crippen LogP contribution in [0.2, 0.25) is 10.0 Å². The monoisotopic (exact) mass is 527 g/mol. The van der Waals surface area contributed by atoms with Crippen molar-refractivity contribution in [3.8, 4) is 11.5 Å². The number of halogens is 2. The Hall–Kier alpha value is -3.68. The lowest BCUT2D eigenvalue weighted by molar-refractivity contribution is -0.140. The summed E-state index contributed by atoms with van der Waals surface area (Å²) in [6.07, 6.45) is 1.19. The van der Waals surface area contributed by atoms with E-state index in [-0.39, 0.29) is 24.5 Å². The van der Waals surface area contributed by atoms with E-state index in [9.17, 15) is 9.59 Å². The third kappa shape index (κ3) is 6.50. The molecule has 1 aliphatic heterocycles. The summed E-state index contributed by atoms with van der Waals surface area (Å²) in [4.78, 5) is 24.7. The van der Waals surface area contributed by atoms with Gasteiger partial charge >= 0.3 is 5.97 Å². The van der Waals surface area contributed by atoms with Crippen LogP contribution in [-0.4, -0.2) is 25.2 Å². The second kappa shape index (κ2) is 11.8. The molecule has 1 atom stereocenters. The van der Waals surface area contributed by atoms with Crippen molar-refractivity contribution in [3.05, 3.63) is 105 Å². The first-order chi connectivity index (χ1) is 17.4. The van der Waals surface area contributed by atoms with Crippen LogP contribution in [0.25, 0.3) is 0 Å². The predicted octanol–water partition coefficient (Wildman–Crippen LogP) is 5.68. The lowest BCUT2D eigenvalue weighted by Crippen LogP contribution is -2.35. The molecule has 3 aromatic rings. The fourth-order valence-corrected chi connectivity index (χ4v) is 3.82. The van der Waals surface area contributed by atoms with Gasteiger partial charge in [-0.15, -0.1) is 0 Å². The average molecular weight is 528 g/mol. The molecular weight excluding hydrogens is 505 g/mol. The van der Waals surface area contributed by atoms with Crippen LogP contribution >= 0.6 is 23.2 Å². The zero-order valence-corrected chi connectivity index (χ0v) is 20.8. The van der Waals surface area contributed by atoms with Gasteiger partial charge in [-0.2, -0.15) is 0 Å². The van der Waals surface area contributed by atoms with E-state index in [1.54, 1.807) is 36.4 Å². The Morgan fingerprint density at radius 2 is 1.47 bits per heavy atom. The Labute approximate surface area is 218 Å². The standard InChI is InChI=1S/C27H23Cl2NO6/c1-33-27(32)24-10-11-25(36-24)30-26(31)19-12-20(34-15-17-6-2-4-8-22(17)28)14-21(13-19)35-16-18-7-3-5-9-23(18)29/h2-10,12-14,25H,11,15-16H2,1H3,(H,30,31). The van der Waals surface area contributed by atoms with E-state index in [1.807, 2.05) is 36.4 Å². The van der Waals surface area contributed by atoms with Crippen LogP contribution < -0.4 is 14.8 Å². The highest BCUT2D eigenvalue weighted by atomic mass is 35.5. The number of ether oxygens (including phenoxy) is 4. The van der Waals surface area contributed by atoms with Gasteiger partial charge in [0.1, 0.15) is 24.7 Å². The summed E-state index contributed by atoms with van der Waals surface area (Å²) in [6.45, 7) is 0.402. The molecule has 0 bridgehead atoms. The Bertz CT molecular complexity index is 1230. The SMILES string of the molecule is COC(=O)C1=CCC(NC(=O)c2cc(OCc3ccccc3Cl)cc(OCc3ccccc3Cl)c2)O1. The smallest absolute Gasteiger partial charge is 0.373 e. The third-order valence-electron chi connectivity index (χ3n) is 5.31. The number of amides is 1. The summed E-state index contributed by atoms with van der Waals surface area (Å²) >= 11 is 12.5. The maximum atomic E-state index is 13.0. The van der Waals surface area contributed by atoms with Crippen molar-refractivity contribution in [2.24, 2.45) is 0 Å². The Morgan fingerprint density at radius 1 is 0.917 bits per heavy atom. The third-order valence-corrected chi connectivity index (χ3v) is 6.05. The van der Waals surface area contributed by atoms with Crippen molar-refractivity contribution in [2.75, 3.05) is 7.11 Å². The van der Waals surface area contributed by atoms with Crippen molar-refractivity contribution in [1.82, 2.24) is 5.32 Å². The van der Waals surface area contributed by atoms with Crippen molar-refractivity contribution in [1.29, 1.82) is 0 Å². The van der Waals surface area contributed by atoms with Crippen LogP contribution in [0.3, 0.4) is 0 Å². The Kier molecular flexibility index (Phi) is 8.36. The summed E-state index contributed by atoms with van der Waals surface area (Å²) in [5, 5.41) is 3.91. The number of carbonyl (C=O) groups excluding carboxylic acids is 2. The van der Waals surface area contributed by atoms with Crippen LogP contribution in [0.1, 0.15) is 27.9 Å². The minimum atomic E-state index is -0.702. The molecule has 1 unspecified atom stereocenters. The molecule has 1 heterocycles. The molecular formula is C27H23Cl2NO6. The Balaban J connectivity index is 1.51. The van der Waals surface area contributed by atoms with Gasteiger partial charge < -0.3 is 24.3 Å². The van der Waals surface area contributed by atoms with Crippen molar-refractivity contribution >= 4 is 35.1 Å². The molecule has 1 N–H and O–H groups in total. The zero-order valence-electron chi connectivity index (χ0n) is 19.3. The zero-order chi connectivity index (χ0) is 25.5. The molecule has 7 nitrogen and oxygen atoms in total. The molecule has 186 valence electrons. The molecule has 4 rings (SSSR count). The van der Waals surface area contributed by atoms with Gasteiger partial charge in [0, 0.05) is 39.2 Å². The van der Waals surface area contributed by atoms with Gasteiger partial charge in [0.2, 0.25) is 5.76 Å². The summed E-state index contributed by atoms with van der Waals surface area (Å²) in [5.74, 6) is -0.138. The summed E-state index contributed by atoms with van der Waals surface area (Å²) in [6, 6.07) is 19.6. The number of rotatable bonds is 9. The van der Waals surface area contributed by atoms with E-state index in [0.29, 0.717) is 28.0 Å². The maximum Gasteiger partial charge on any atom is 0.373 e. The van der Waals surface area contributed by atoms with Crippen LogP contribution in [-0.2, 0) is 27.5 Å². The van der Waals surface area contributed by atoms with Crippen LogP contribution in [0.5, 0.6) is 11.5 Å². The molecule has 0 aromatic heterocycles. The fourth-order valence-electron chi connectivity index (χ4n) is 3.44. The van der Waals surface area contributed by atoms with E-state index in [2.05, 4.69) is 10.1 Å². The molecule has 1 aliphatic rings. The first kappa shape index (κ1) is 25.4. The molecule has 0 saturated heterocycles. The van der Waals surface area contributed by atoms with Crippen molar-refractivity contribution in [2.45, 2.75) is 25.9 Å². The summed E-state index contributed by atoms with van der Waals surface area (Å²) < 4.78 is 22.0. The molecule has 0 aliphatic carbocycles. The number of hydrogen-bond acceptors (Lipinski definition) is 6. The van der Waals surface area contributed by atoms with E-state index in [0.717, 1.165) is 11.1 Å². The van der Waals surface area contributed by atoms with Crippen LogP contribution in [0, 0.1) is 0 Å². The first-order valence-electron chi connectivity index (χ1n) is 11.1. The van der Waals surface area contributed by atoms with Gasteiger partial charge in [0.25, 0.3) is 5.91 Å². The van der Waals surface area contributed by atoms with Gasteiger partial charge in [0.15, 0.2) is 6.23 Å². The number of benzene rings is 3. The second-order valence-corrected chi connectivity index (χ2v) is 8.64. The van der Waals surface area contributed by atoms with Gasteiger partial charge in [-0.3, -0.25) is 4.79 Å². The summed E-state index contributed by atoms with van der Waals surface area (Å²) in [7, 11) is 1.26. The Morgan fingerprint density at radius 3 is 2.00 bits per heavy atom. The van der Waals surface area contributed by atoms with Crippen LogP contribution in [0.4, 0.5) is 0 Å². The van der Waals surface area contributed by atoms with E-state index < -0.39 is 18.1 Å². The minimum Gasteiger partial charge on any atom is -0.489 e. The molecule has 3 aromatic carbocycles. The highest BCUT2D eigenvalue weighted by molar-refractivity contribution is 6.31. The van der Waals surface area contributed by atoms with Gasteiger partial charge in [-0.1, -0.05) is 59.6 Å². The summed E-state index contributed by atoms with van der Waals surface area (Å²) in [5.41, 5.74) is 1.89. The quantitative estimate of drug-likeness (QED) is 0.360. The van der Waals surface area contributed by atoms with Crippen molar-refractivity contribution < 1.29 is 28.5 Å². The normalized spacial score (nSPS) is 14.4. The number of esters is 1.